The third-order valence-corrected chi connectivity index (χ3v) is 2.01. The van der Waals surface area contributed by atoms with Gasteiger partial charge in [0.15, 0.2) is 0 Å². The van der Waals surface area contributed by atoms with Crippen molar-refractivity contribution in [3.8, 4) is 0 Å². The van der Waals surface area contributed by atoms with E-state index in [1.54, 1.807) is 6.07 Å². The lowest BCUT2D eigenvalue weighted by Gasteiger charge is -2.00. The summed E-state index contributed by atoms with van der Waals surface area (Å²) in [6, 6.07) is 1.64. The molecule has 0 saturated carbocycles. The zero-order valence-electron chi connectivity index (χ0n) is 5.78. The largest absolute Gasteiger partial charge is 0.241 e. The lowest BCUT2D eigenvalue weighted by molar-refractivity contribution is 1.15. The Bertz CT molecular complexity index is 235. The van der Waals surface area contributed by atoms with Gasteiger partial charge in [-0.2, -0.15) is 0 Å². The summed E-state index contributed by atoms with van der Waals surface area (Å²) < 4.78 is 0. The van der Waals surface area contributed by atoms with Gasteiger partial charge in [-0.25, -0.2) is 4.98 Å². The van der Waals surface area contributed by atoms with Gasteiger partial charge in [0.25, 0.3) is 0 Å². The van der Waals surface area contributed by atoms with Crippen LogP contribution in [0.15, 0.2) is 6.07 Å². The number of hydrogen-bond donors (Lipinski definition) is 0. The van der Waals surface area contributed by atoms with Crippen LogP contribution in [0.2, 0.25) is 10.2 Å². The number of aromatic nitrogens is 1. The molecule has 1 heterocycles. The molecule has 1 rings (SSSR count). The van der Waals surface area contributed by atoms with Crippen molar-refractivity contribution in [1.82, 2.24) is 4.98 Å². The first-order chi connectivity index (χ1) is 4.61. The molecule has 54 valence electrons. The fourth-order valence-electron chi connectivity index (χ4n) is 0.662. The highest BCUT2D eigenvalue weighted by molar-refractivity contribution is 6.34. The maximum atomic E-state index is 5.79. The number of halogens is 2. The predicted octanol–water partition coefficient (Wildman–Crippen LogP) is 3.01. The second kappa shape index (κ2) is 2.77. The van der Waals surface area contributed by atoms with E-state index in [-0.39, 0.29) is 0 Å². The van der Waals surface area contributed by atoms with Crippen molar-refractivity contribution < 1.29 is 0 Å². The van der Waals surface area contributed by atoms with E-state index >= 15 is 0 Å². The number of rotatable bonds is 0. The molecule has 3 heteroatoms. The fourth-order valence-corrected chi connectivity index (χ4v) is 1.19. The summed E-state index contributed by atoms with van der Waals surface area (Å²) in [5.74, 6) is 0. The summed E-state index contributed by atoms with van der Waals surface area (Å²) in [5, 5.41) is 1.13. The van der Waals surface area contributed by atoms with E-state index in [9.17, 15) is 0 Å². The van der Waals surface area contributed by atoms with E-state index in [4.69, 9.17) is 23.2 Å². The molecule has 1 nitrogen and oxygen atoms in total. The molecule has 0 atom stereocenters. The lowest BCUT2D eigenvalue weighted by atomic mass is 10.2. The van der Waals surface area contributed by atoms with Crippen LogP contribution in [0, 0.1) is 13.8 Å². The molecule has 1 aromatic heterocycles. The first-order valence-corrected chi connectivity index (χ1v) is 3.66. The molecule has 10 heavy (non-hydrogen) atoms. The van der Waals surface area contributed by atoms with Crippen LogP contribution in [-0.4, -0.2) is 4.98 Å². The van der Waals surface area contributed by atoms with Gasteiger partial charge in [-0.1, -0.05) is 23.2 Å². The Kier molecular flexibility index (Phi) is 2.17. The minimum atomic E-state index is 0.452. The Morgan fingerprint density at radius 3 is 2.40 bits per heavy atom. The van der Waals surface area contributed by atoms with E-state index in [1.807, 2.05) is 13.8 Å². The summed E-state index contributed by atoms with van der Waals surface area (Å²) in [7, 11) is 0. The third-order valence-electron chi connectivity index (χ3n) is 1.42. The predicted molar refractivity (Wildman–Crippen MR) is 43.7 cm³/mol. The zero-order chi connectivity index (χ0) is 7.72. The molecule has 0 fully saturated rings. The van der Waals surface area contributed by atoms with Crippen molar-refractivity contribution in [2.45, 2.75) is 13.8 Å². The molecular formula is C7H7Cl2N. The second-order valence-corrected chi connectivity index (χ2v) is 2.93. The van der Waals surface area contributed by atoms with Gasteiger partial charge < -0.3 is 0 Å². The first-order valence-electron chi connectivity index (χ1n) is 2.90. The quantitative estimate of drug-likeness (QED) is 0.553. The third kappa shape index (κ3) is 1.41. The molecule has 0 aromatic carbocycles. The van der Waals surface area contributed by atoms with Crippen LogP contribution in [0.5, 0.6) is 0 Å². The van der Waals surface area contributed by atoms with Crippen molar-refractivity contribution in [2.75, 3.05) is 0 Å². The Labute approximate surface area is 70.0 Å². The van der Waals surface area contributed by atoms with Gasteiger partial charge in [0.1, 0.15) is 5.15 Å². The molecule has 0 aliphatic heterocycles. The van der Waals surface area contributed by atoms with Gasteiger partial charge in [-0.15, -0.1) is 0 Å². The zero-order valence-corrected chi connectivity index (χ0v) is 7.29. The highest BCUT2D eigenvalue weighted by atomic mass is 35.5. The van der Waals surface area contributed by atoms with E-state index in [2.05, 4.69) is 4.98 Å². The molecule has 0 radical (unpaired) electrons. The number of aryl methyl sites for hydroxylation is 1. The minimum absolute atomic E-state index is 0.452. The van der Waals surface area contributed by atoms with Gasteiger partial charge in [0.05, 0.1) is 0 Å². The fraction of sp³-hybridized carbons (Fsp3) is 0.286. The van der Waals surface area contributed by atoms with Gasteiger partial charge in [-0.3, -0.25) is 0 Å². The van der Waals surface area contributed by atoms with E-state index < -0.39 is 0 Å². The van der Waals surface area contributed by atoms with Gasteiger partial charge in [0.2, 0.25) is 0 Å². The Morgan fingerprint density at radius 2 is 1.90 bits per heavy atom. The summed E-state index contributed by atoms with van der Waals surface area (Å²) in [4.78, 5) is 4.01. The Hall–Kier alpha value is -0.270. The molecule has 0 unspecified atom stereocenters. The van der Waals surface area contributed by atoms with Crippen LogP contribution in [0.3, 0.4) is 0 Å². The van der Waals surface area contributed by atoms with Crippen molar-refractivity contribution >= 4 is 23.2 Å². The summed E-state index contributed by atoms with van der Waals surface area (Å²) >= 11 is 11.4. The average Bonchev–Trinajstić information content (AvgIpc) is 1.82. The number of nitrogens with zero attached hydrogens (tertiary/aromatic N) is 1. The van der Waals surface area contributed by atoms with Gasteiger partial charge in [0, 0.05) is 10.7 Å². The van der Waals surface area contributed by atoms with Crippen molar-refractivity contribution in [3.63, 3.8) is 0 Å². The highest BCUT2D eigenvalue weighted by Gasteiger charge is 2.00. The minimum Gasteiger partial charge on any atom is -0.241 e. The molecule has 0 aliphatic carbocycles. The molecule has 1 aromatic rings. The topological polar surface area (TPSA) is 12.9 Å². The van der Waals surface area contributed by atoms with Crippen LogP contribution in [0.4, 0.5) is 0 Å². The lowest BCUT2D eigenvalue weighted by Crippen LogP contribution is -1.87. The average molecular weight is 176 g/mol. The second-order valence-electron chi connectivity index (χ2n) is 2.14. The van der Waals surface area contributed by atoms with Crippen molar-refractivity contribution in [2.24, 2.45) is 0 Å². The normalized spacial score (nSPS) is 10.0. The molecule has 0 bridgehead atoms. The van der Waals surface area contributed by atoms with E-state index in [0.29, 0.717) is 10.2 Å². The Balaban J connectivity index is 3.31. The van der Waals surface area contributed by atoms with Crippen molar-refractivity contribution in [3.05, 3.63) is 27.5 Å². The van der Waals surface area contributed by atoms with Gasteiger partial charge >= 0.3 is 0 Å². The molecule has 0 saturated heterocycles. The van der Waals surface area contributed by atoms with E-state index in [0.717, 1.165) is 11.3 Å². The molecule has 0 spiro atoms. The summed E-state index contributed by atoms with van der Waals surface area (Å²) in [5.41, 5.74) is 1.88. The maximum Gasteiger partial charge on any atom is 0.130 e. The molecule has 0 amide bonds. The molecule has 0 N–H and O–H groups in total. The SMILES string of the molecule is Cc1nc(Cl)cc(Cl)c1C. The van der Waals surface area contributed by atoms with Crippen molar-refractivity contribution in [1.29, 1.82) is 0 Å². The van der Waals surface area contributed by atoms with Gasteiger partial charge in [-0.05, 0) is 25.5 Å². The molecular weight excluding hydrogens is 169 g/mol. The maximum absolute atomic E-state index is 5.79. The van der Waals surface area contributed by atoms with E-state index in [1.165, 1.54) is 0 Å². The standard InChI is InChI=1S/C7H7Cl2N/c1-4-5(2)10-7(9)3-6(4)8/h3H,1-2H3. The van der Waals surface area contributed by atoms with Crippen LogP contribution < -0.4 is 0 Å². The number of hydrogen-bond acceptors (Lipinski definition) is 1. The number of pyridine rings is 1. The first kappa shape index (κ1) is 7.83. The van der Waals surface area contributed by atoms with Crippen LogP contribution in [-0.2, 0) is 0 Å². The smallest absolute Gasteiger partial charge is 0.130 e. The highest BCUT2D eigenvalue weighted by Crippen LogP contribution is 2.20. The summed E-state index contributed by atoms with van der Waals surface area (Å²) in [6.07, 6.45) is 0. The monoisotopic (exact) mass is 175 g/mol. The molecule has 0 aliphatic rings. The van der Waals surface area contributed by atoms with Crippen LogP contribution >= 0.6 is 23.2 Å². The summed E-state index contributed by atoms with van der Waals surface area (Å²) in [6.45, 7) is 3.80. The van der Waals surface area contributed by atoms with Crippen LogP contribution in [0.1, 0.15) is 11.3 Å². The Morgan fingerprint density at radius 1 is 1.30 bits per heavy atom. The van der Waals surface area contributed by atoms with Crippen LogP contribution in [0.25, 0.3) is 0 Å².